The number of nitrogens with one attached hydrogen (secondary N) is 2. The van der Waals surface area contributed by atoms with Crippen LogP contribution < -0.4 is 16.5 Å². The van der Waals surface area contributed by atoms with E-state index in [0.717, 1.165) is 0 Å². The van der Waals surface area contributed by atoms with Gasteiger partial charge >= 0.3 is 0 Å². The fourth-order valence-corrected chi connectivity index (χ4v) is 1.05. The van der Waals surface area contributed by atoms with Crippen LogP contribution in [0.15, 0.2) is 24.5 Å². The number of carbonyl (C=O) groups excluding carboxylic acids is 2. The molecule has 1 aromatic rings. The molecule has 2 amide bonds. The van der Waals surface area contributed by atoms with E-state index >= 15 is 0 Å². The molecule has 0 saturated carbocycles. The molecular formula is C9H12N4O3. The van der Waals surface area contributed by atoms with Crippen molar-refractivity contribution < 1.29 is 14.8 Å². The zero-order valence-corrected chi connectivity index (χ0v) is 8.38. The first-order chi connectivity index (χ1) is 7.69. The third-order valence-electron chi connectivity index (χ3n) is 1.89. The van der Waals surface area contributed by atoms with Gasteiger partial charge in [-0.05, 0) is 12.1 Å². The molecule has 16 heavy (non-hydrogen) atoms. The van der Waals surface area contributed by atoms with Gasteiger partial charge in [0, 0.05) is 18.9 Å². The van der Waals surface area contributed by atoms with Gasteiger partial charge in [0.05, 0.1) is 5.56 Å². The van der Waals surface area contributed by atoms with E-state index in [0.29, 0.717) is 5.56 Å². The first-order valence-corrected chi connectivity index (χ1v) is 4.54. The maximum atomic E-state index is 11.6. The fourth-order valence-electron chi connectivity index (χ4n) is 1.05. The van der Waals surface area contributed by atoms with Crippen LogP contribution in [-0.2, 0) is 4.79 Å². The van der Waals surface area contributed by atoms with E-state index in [4.69, 9.17) is 10.9 Å². The summed E-state index contributed by atoms with van der Waals surface area (Å²) < 4.78 is 0. The second kappa shape index (κ2) is 5.79. The number of pyridine rings is 1. The van der Waals surface area contributed by atoms with Crippen LogP contribution in [0.2, 0.25) is 0 Å². The molecule has 0 bridgehead atoms. The van der Waals surface area contributed by atoms with E-state index in [2.05, 4.69) is 10.3 Å². The molecule has 0 aliphatic heterocycles. The first kappa shape index (κ1) is 12.1. The molecular weight excluding hydrogens is 212 g/mol. The van der Waals surface area contributed by atoms with Crippen molar-refractivity contribution in [3.05, 3.63) is 30.1 Å². The number of carbonyl (C=O) groups is 2. The lowest BCUT2D eigenvalue weighted by molar-refractivity contribution is -0.130. The molecule has 0 aromatic carbocycles. The molecule has 1 heterocycles. The Kier molecular flexibility index (Phi) is 4.37. The van der Waals surface area contributed by atoms with Gasteiger partial charge in [0.25, 0.3) is 11.8 Å². The van der Waals surface area contributed by atoms with Crippen molar-refractivity contribution >= 4 is 11.8 Å². The van der Waals surface area contributed by atoms with Crippen LogP contribution in [0, 0.1) is 0 Å². The van der Waals surface area contributed by atoms with Crippen LogP contribution in [0.3, 0.4) is 0 Å². The van der Waals surface area contributed by atoms with Gasteiger partial charge in [0.1, 0.15) is 6.04 Å². The monoisotopic (exact) mass is 224 g/mol. The van der Waals surface area contributed by atoms with Gasteiger partial charge in [-0.2, -0.15) is 0 Å². The Morgan fingerprint density at radius 1 is 1.56 bits per heavy atom. The summed E-state index contributed by atoms with van der Waals surface area (Å²) in [5, 5.41) is 10.8. The van der Waals surface area contributed by atoms with Gasteiger partial charge in [-0.25, -0.2) is 5.48 Å². The zero-order valence-electron chi connectivity index (χ0n) is 8.38. The summed E-state index contributed by atoms with van der Waals surface area (Å²) in [4.78, 5) is 26.4. The Balaban J connectivity index is 2.66. The highest BCUT2D eigenvalue weighted by atomic mass is 16.5. The Hall–Kier alpha value is -1.99. The Morgan fingerprint density at radius 3 is 2.81 bits per heavy atom. The Morgan fingerprint density at radius 2 is 2.31 bits per heavy atom. The molecule has 0 radical (unpaired) electrons. The van der Waals surface area contributed by atoms with Crippen molar-refractivity contribution in [1.82, 2.24) is 15.8 Å². The highest BCUT2D eigenvalue weighted by Crippen LogP contribution is 1.96. The van der Waals surface area contributed by atoms with Crippen molar-refractivity contribution in [2.45, 2.75) is 6.04 Å². The number of nitrogens with zero attached hydrogens (tertiary/aromatic N) is 1. The number of hydrogen-bond donors (Lipinski definition) is 4. The van der Waals surface area contributed by atoms with E-state index in [1.807, 2.05) is 0 Å². The molecule has 5 N–H and O–H groups in total. The predicted molar refractivity (Wildman–Crippen MR) is 54.5 cm³/mol. The number of hydroxylamine groups is 1. The minimum absolute atomic E-state index is 0.113. The maximum absolute atomic E-state index is 11.6. The van der Waals surface area contributed by atoms with Crippen molar-refractivity contribution in [2.75, 3.05) is 6.54 Å². The number of nitrogens with two attached hydrogens (primary N) is 1. The van der Waals surface area contributed by atoms with Crippen LogP contribution >= 0.6 is 0 Å². The maximum Gasteiger partial charge on any atom is 0.267 e. The Labute approximate surface area is 91.6 Å². The lowest BCUT2D eigenvalue weighted by Gasteiger charge is -2.14. The van der Waals surface area contributed by atoms with Gasteiger partial charge in [0.2, 0.25) is 0 Å². The molecule has 1 atom stereocenters. The third-order valence-corrected chi connectivity index (χ3v) is 1.89. The van der Waals surface area contributed by atoms with Crippen LogP contribution in [0.1, 0.15) is 10.4 Å². The average Bonchev–Trinajstić information content (AvgIpc) is 2.35. The number of hydrogen-bond acceptors (Lipinski definition) is 5. The van der Waals surface area contributed by atoms with E-state index < -0.39 is 17.9 Å². The SMILES string of the molecule is NCC(NC(=O)c1cccnc1)C(=O)NO. The topological polar surface area (TPSA) is 117 Å². The smallest absolute Gasteiger partial charge is 0.267 e. The summed E-state index contributed by atoms with van der Waals surface area (Å²) >= 11 is 0. The molecule has 0 aliphatic rings. The van der Waals surface area contributed by atoms with Crippen molar-refractivity contribution in [1.29, 1.82) is 0 Å². The van der Waals surface area contributed by atoms with Crippen LogP contribution in [0.4, 0.5) is 0 Å². The Bertz CT molecular complexity index is 368. The second-order valence-electron chi connectivity index (χ2n) is 2.98. The normalized spacial score (nSPS) is 11.6. The van der Waals surface area contributed by atoms with E-state index in [1.54, 1.807) is 12.1 Å². The minimum Gasteiger partial charge on any atom is -0.339 e. The summed E-state index contributed by atoms with van der Waals surface area (Å²) in [5.41, 5.74) is 7.01. The molecule has 1 aromatic heterocycles. The van der Waals surface area contributed by atoms with Crippen molar-refractivity contribution in [3.63, 3.8) is 0 Å². The molecule has 1 rings (SSSR count). The first-order valence-electron chi connectivity index (χ1n) is 4.54. The molecule has 0 fully saturated rings. The molecule has 0 aliphatic carbocycles. The highest BCUT2D eigenvalue weighted by Gasteiger charge is 2.19. The zero-order chi connectivity index (χ0) is 12.0. The standard InChI is InChI=1S/C9H12N4O3/c10-4-7(9(15)13-16)12-8(14)6-2-1-3-11-5-6/h1-3,5,7,16H,4,10H2,(H,12,14)(H,13,15). The average molecular weight is 224 g/mol. The summed E-state index contributed by atoms with van der Waals surface area (Å²) in [6, 6.07) is 2.17. The molecule has 0 saturated heterocycles. The van der Waals surface area contributed by atoms with Gasteiger partial charge in [-0.1, -0.05) is 0 Å². The van der Waals surface area contributed by atoms with Crippen molar-refractivity contribution in [3.8, 4) is 0 Å². The van der Waals surface area contributed by atoms with Gasteiger partial charge in [-0.15, -0.1) is 0 Å². The van der Waals surface area contributed by atoms with E-state index in [-0.39, 0.29) is 6.54 Å². The van der Waals surface area contributed by atoms with Crippen LogP contribution in [0.5, 0.6) is 0 Å². The van der Waals surface area contributed by atoms with E-state index in [9.17, 15) is 9.59 Å². The number of amides is 2. The van der Waals surface area contributed by atoms with Gasteiger partial charge in [0.15, 0.2) is 0 Å². The molecule has 7 nitrogen and oxygen atoms in total. The molecule has 7 heteroatoms. The van der Waals surface area contributed by atoms with Crippen LogP contribution in [0.25, 0.3) is 0 Å². The predicted octanol–water partition coefficient (Wildman–Crippen LogP) is -1.36. The minimum atomic E-state index is -0.974. The molecule has 0 spiro atoms. The second-order valence-corrected chi connectivity index (χ2v) is 2.98. The molecule has 86 valence electrons. The number of aromatic nitrogens is 1. The third kappa shape index (κ3) is 3.01. The lowest BCUT2D eigenvalue weighted by atomic mass is 10.2. The van der Waals surface area contributed by atoms with Gasteiger partial charge < -0.3 is 11.1 Å². The van der Waals surface area contributed by atoms with Crippen molar-refractivity contribution in [2.24, 2.45) is 5.73 Å². The summed E-state index contributed by atoms with van der Waals surface area (Å²) in [6.07, 6.45) is 2.89. The number of rotatable bonds is 4. The lowest BCUT2D eigenvalue weighted by Crippen LogP contribution is -2.50. The summed E-state index contributed by atoms with van der Waals surface area (Å²) in [7, 11) is 0. The van der Waals surface area contributed by atoms with Gasteiger partial charge in [-0.3, -0.25) is 19.8 Å². The highest BCUT2D eigenvalue weighted by molar-refractivity contribution is 5.97. The molecule has 1 unspecified atom stereocenters. The largest absolute Gasteiger partial charge is 0.339 e. The fraction of sp³-hybridized carbons (Fsp3) is 0.222. The van der Waals surface area contributed by atoms with E-state index in [1.165, 1.54) is 17.9 Å². The quantitative estimate of drug-likeness (QED) is 0.372. The van der Waals surface area contributed by atoms with Crippen LogP contribution in [-0.4, -0.2) is 34.6 Å². The summed E-state index contributed by atoms with van der Waals surface area (Å²) in [6.45, 7) is -0.113. The summed E-state index contributed by atoms with van der Waals surface area (Å²) in [5.74, 6) is -1.24.